The molecule has 0 radical (unpaired) electrons. The minimum absolute atomic E-state index is 0.108. The number of esters is 2. The van der Waals surface area contributed by atoms with Crippen LogP contribution in [0.15, 0.2) is 182 Å². The van der Waals surface area contributed by atoms with Crippen molar-refractivity contribution in [3.63, 3.8) is 0 Å². The molecule has 10 amide bonds. The Kier molecular flexibility index (Phi) is 26.0. The molecular weight excluding hydrogens is 1790 g/mol. The molecule has 10 aliphatic heterocycles. The lowest BCUT2D eigenvalue weighted by atomic mass is 9.77. The molecule has 141 heavy (non-hydrogen) atoms. The maximum absolute atomic E-state index is 13.1. The van der Waals surface area contributed by atoms with Crippen LogP contribution in [0.25, 0.3) is 0 Å². The van der Waals surface area contributed by atoms with E-state index in [0.717, 1.165) is 210 Å². The van der Waals surface area contributed by atoms with E-state index >= 15 is 0 Å². The Balaban J connectivity index is 0.000000110. The van der Waals surface area contributed by atoms with E-state index in [1.807, 2.05) is 84.9 Å². The van der Waals surface area contributed by atoms with E-state index in [1.165, 1.54) is 47.6 Å². The number of aromatic carboxylic acids is 2. The maximum atomic E-state index is 13.1. The second kappa shape index (κ2) is 38.5. The number of carboxylic acid groups (broad SMARTS) is 2. The van der Waals surface area contributed by atoms with Crippen LogP contribution >= 0.6 is 0 Å². The van der Waals surface area contributed by atoms with Crippen molar-refractivity contribution < 1.29 is 86.8 Å². The first-order valence-corrected chi connectivity index (χ1v) is 47.8. The number of carbonyl (C=O) groups is 14. The zero-order valence-corrected chi connectivity index (χ0v) is 78.3. The van der Waals surface area contributed by atoms with Crippen LogP contribution in [0.3, 0.4) is 0 Å². The van der Waals surface area contributed by atoms with Crippen molar-refractivity contribution in [2.45, 2.75) is 147 Å². The molecule has 0 aromatic heterocycles. The van der Waals surface area contributed by atoms with Gasteiger partial charge < -0.3 is 30.7 Å². The van der Waals surface area contributed by atoms with Crippen LogP contribution in [0.2, 0.25) is 0 Å². The van der Waals surface area contributed by atoms with Gasteiger partial charge in [0.15, 0.2) is 0 Å². The highest BCUT2D eigenvalue weighted by atomic mass is 16.5. The number of methoxy groups -OCH3 is 2. The third-order valence-electron chi connectivity index (χ3n) is 30.5. The van der Waals surface area contributed by atoms with Gasteiger partial charge in [0.2, 0.25) is 35.4 Å². The van der Waals surface area contributed by atoms with Crippen LogP contribution in [0.5, 0.6) is 0 Å². The first-order chi connectivity index (χ1) is 67.8. The SMILES string of the molecule is COC(=O)c1cc2c(cc1C(=O)OC)CC1(C2)CN(Cc2ccccc2)C1.N#Cc1cc2c(cc1C#N)CC1(C2)CN(Cc2ccccc2)C1.NC1CCC(=O)NC1=O.O=C(O)c1cc2c(cc1C(=O)O)CC1(C2)CN(Cc2ccccc2)C1.O=C1CCC(N2C(=O)c3cc4c(cc3C2=O)CC2(C4)CN(Cc3ccccc3)C2)C(=O)N1.O=C1CCC(N2C(=O)c3cc4c(cc3C2=O)CC2(CNC2)C4)C(=O)N1. The van der Waals surface area contributed by atoms with E-state index < -0.39 is 77.4 Å². The van der Waals surface area contributed by atoms with E-state index in [1.54, 1.807) is 12.1 Å². The number of nitrogens with zero attached hydrogens (tertiary/aromatic N) is 8. The molecule has 9 aromatic carbocycles. The number of hydrogen-bond acceptors (Lipinski definition) is 24. The molecule has 24 rings (SSSR count). The number of nitriles is 2. The number of hydrogen-bond donors (Lipinski definition) is 7. The number of nitrogens with two attached hydrogens (primary N) is 1. The number of carboxylic acids is 2. The molecule has 5 spiro atoms. The summed E-state index contributed by atoms with van der Waals surface area (Å²) in [6.07, 6.45) is 10.7. The summed E-state index contributed by atoms with van der Waals surface area (Å²) in [5.41, 5.74) is 25.9. The predicted molar refractivity (Wildman–Crippen MR) is 511 cm³/mol. The molecular formula is C110H107N13O18. The zero-order valence-electron chi connectivity index (χ0n) is 78.3. The minimum atomic E-state index is -1.18. The van der Waals surface area contributed by atoms with Gasteiger partial charge in [-0.05, 0) is 222 Å². The summed E-state index contributed by atoms with van der Waals surface area (Å²) in [6, 6.07) is 61.8. The monoisotopic (exact) mass is 1900 g/mol. The lowest BCUT2D eigenvalue weighted by Crippen LogP contribution is -2.56. The van der Waals surface area contributed by atoms with Gasteiger partial charge in [-0.15, -0.1) is 0 Å². The van der Waals surface area contributed by atoms with E-state index in [-0.39, 0.29) is 82.1 Å². The fourth-order valence-electron chi connectivity index (χ4n) is 24.1. The smallest absolute Gasteiger partial charge is 0.338 e. The number of benzene rings is 9. The van der Waals surface area contributed by atoms with Crippen molar-refractivity contribution in [1.82, 2.24) is 50.7 Å². The number of fused-ring (bicyclic) bond motifs is 7. The highest BCUT2D eigenvalue weighted by molar-refractivity contribution is 6.25. The van der Waals surface area contributed by atoms with Gasteiger partial charge in [0.05, 0.1) is 75.9 Å². The highest BCUT2D eigenvalue weighted by Crippen LogP contribution is 2.51. The van der Waals surface area contributed by atoms with Crippen LogP contribution in [0.1, 0.15) is 210 Å². The van der Waals surface area contributed by atoms with Crippen LogP contribution in [0, 0.1) is 49.7 Å². The lowest BCUT2D eigenvalue weighted by molar-refractivity contribution is -0.137. The summed E-state index contributed by atoms with van der Waals surface area (Å²) in [5, 5.41) is 46.8. The topological polar surface area (TPSA) is 439 Å². The Labute approximate surface area is 813 Å². The first kappa shape index (κ1) is 95.2. The normalized spacial score (nSPS) is 21.3. The largest absolute Gasteiger partial charge is 0.478 e. The van der Waals surface area contributed by atoms with E-state index in [0.29, 0.717) is 62.8 Å². The number of piperidine rings is 3. The minimum Gasteiger partial charge on any atom is -0.478 e. The average Bonchev–Trinajstić information content (AvgIpc) is 1.59. The number of imide groups is 5. The van der Waals surface area contributed by atoms with Gasteiger partial charge in [0, 0.05) is 138 Å². The molecule has 9 aromatic rings. The van der Waals surface area contributed by atoms with Crippen LogP contribution in [-0.2, 0) is 129 Å². The molecule has 8 saturated heterocycles. The average molecular weight is 1900 g/mol. The third-order valence-corrected chi connectivity index (χ3v) is 30.5. The number of carbonyl (C=O) groups excluding carboxylic acids is 12. The molecule has 8 fully saturated rings. The Morgan fingerprint density at radius 2 is 0.603 bits per heavy atom. The Bertz CT molecular complexity index is 6550. The number of rotatable bonds is 14. The van der Waals surface area contributed by atoms with Crippen molar-refractivity contribution in [3.8, 4) is 12.1 Å². The molecule has 10 heterocycles. The molecule has 5 aliphatic carbocycles. The molecule has 720 valence electrons. The van der Waals surface area contributed by atoms with E-state index in [9.17, 15) is 87.9 Å². The van der Waals surface area contributed by atoms with Crippen LogP contribution < -0.4 is 27.0 Å². The number of nitrogens with one attached hydrogen (secondary N) is 4. The Hall–Kier alpha value is -14.7. The molecule has 15 aliphatic rings. The number of ether oxygens (including phenoxy) is 2. The van der Waals surface area contributed by atoms with Gasteiger partial charge in [-0.25, -0.2) is 19.2 Å². The van der Waals surface area contributed by atoms with Gasteiger partial charge in [0.1, 0.15) is 24.2 Å². The van der Waals surface area contributed by atoms with Gasteiger partial charge in [-0.3, -0.25) is 93.3 Å². The molecule has 8 N–H and O–H groups in total. The van der Waals surface area contributed by atoms with Crippen molar-refractivity contribution >= 4 is 82.9 Å². The summed E-state index contributed by atoms with van der Waals surface area (Å²) in [7, 11) is 2.65. The quantitative estimate of drug-likeness (QED) is 0.0395. The third kappa shape index (κ3) is 19.3. The highest BCUT2D eigenvalue weighted by Gasteiger charge is 2.55. The summed E-state index contributed by atoms with van der Waals surface area (Å²) in [6.45, 7) is 13.9. The van der Waals surface area contributed by atoms with Gasteiger partial charge in [0.25, 0.3) is 23.6 Å². The van der Waals surface area contributed by atoms with Gasteiger partial charge in [-0.1, -0.05) is 121 Å². The number of likely N-dealkylation sites (tertiary alicyclic amines) is 4. The molecule has 0 bridgehead atoms. The fraction of sp³-hybridized carbons (Fsp3) is 0.364. The predicted octanol–water partition coefficient (Wildman–Crippen LogP) is 8.79. The molecule has 0 saturated carbocycles. The lowest BCUT2D eigenvalue weighted by Gasteiger charge is -2.48. The summed E-state index contributed by atoms with van der Waals surface area (Å²) in [4.78, 5) is 179. The fourth-order valence-corrected chi connectivity index (χ4v) is 24.1. The van der Waals surface area contributed by atoms with Crippen molar-refractivity contribution in [1.29, 1.82) is 10.5 Å². The zero-order chi connectivity index (χ0) is 98.7. The molecule has 31 nitrogen and oxygen atoms in total. The number of amides is 10. The van der Waals surface area contributed by atoms with Crippen LogP contribution in [-0.4, -0.2) is 220 Å². The Morgan fingerprint density at radius 1 is 0.355 bits per heavy atom. The Morgan fingerprint density at radius 3 is 0.837 bits per heavy atom. The van der Waals surface area contributed by atoms with Crippen molar-refractivity contribution in [2.75, 3.05) is 79.7 Å². The first-order valence-electron chi connectivity index (χ1n) is 47.8. The van der Waals surface area contributed by atoms with Crippen molar-refractivity contribution in [2.24, 2.45) is 32.8 Å². The van der Waals surface area contributed by atoms with Crippen molar-refractivity contribution in [3.05, 3.63) is 316 Å². The standard InChI is InChI=1S/C25H23N3O4.C22H23NO4.C20H17N3.C20H19NO4.C18H17N3O4.C5H8N2O2/c29-21-7-6-20(22(30)26-21)28-23(31)18-8-16-10-25(11-17(16)9-19(18)24(28)32)13-27(14-25)12-15-4-2-1-3-5-15;1-26-20(24)18-8-16-10-22(11-17(16)9-19(18)21(25)27-2)13-23(14-22)12-15-6-4-3-5-7-15;21-10-18-6-16-8-20(9-17(16)7-19(18)11-22)13-23(14-20)12-15-4-2-1-3-5-15;22-18(23)16-6-14-8-20(9-15(14)7-17(16)19(24)25)11-21(12-20)10-13-4-2-1-3-5-13;22-14-2-1-13(15(23)20-14)21-16(24)11-3-9-5-18(7-19-8-18)6-10(9)4-12(11)17(21)25;6-3-1-2-4(8)7-5(3)9/h1-5,8-9,20H,6-7,10-14H2,(H,26,29,30);3-9H,10-14H2,1-2H3;1-7H,8-9,12-14H2;1-7H,8-12H2,(H,22,23)(H,24,25);3-4,13,19H,1-2,5-8H2,(H,20,22,23);3H,1-2,6H2,(H,7,8,9). The summed E-state index contributed by atoms with van der Waals surface area (Å²) in [5.74, 6) is -7.52. The molecule has 31 heteroatoms. The second-order valence-electron chi connectivity index (χ2n) is 41.0. The van der Waals surface area contributed by atoms with Gasteiger partial charge >= 0.3 is 23.9 Å². The molecule has 3 unspecified atom stereocenters. The van der Waals surface area contributed by atoms with E-state index in [4.69, 9.17) is 15.2 Å². The second-order valence-corrected chi connectivity index (χ2v) is 41.0. The summed E-state index contributed by atoms with van der Waals surface area (Å²) >= 11 is 0. The maximum Gasteiger partial charge on any atom is 0.338 e. The van der Waals surface area contributed by atoms with Gasteiger partial charge in [-0.2, -0.15) is 10.5 Å². The van der Waals surface area contributed by atoms with Crippen LogP contribution in [0.4, 0.5) is 0 Å². The molecule has 3 atom stereocenters. The van der Waals surface area contributed by atoms with E-state index in [2.05, 4.69) is 138 Å². The summed E-state index contributed by atoms with van der Waals surface area (Å²) < 4.78 is 9.70.